The van der Waals surface area contributed by atoms with Gasteiger partial charge in [-0.3, -0.25) is 9.48 Å². The van der Waals surface area contributed by atoms with E-state index in [1.807, 2.05) is 24.3 Å². The molecule has 1 aliphatic heterocycles. The molecule has 0 unspecified atom stereocenters. The molecule has 0 bridgehead atoms. The lowest BCUT2D eigenvalue weighted by Crippen LogP contribution is -2.16. The summed E-state index contributed by atoms with van der Waals surface area (Å²) in [6.45, 7) is 0. The molecule has 9 heteroatoms. The highest BCUT2D eigenvalue weighted by molar-refractivity contribution is 7.98. The van der Waals surface area contributed by atoms with E-state index in [1.54, 1.807) is 23.5 Å². The minimum absolute atomic E-state index is 0.119. The normalized spacial score (nSPS) is 11.8. The first-order valence-corrected chi connectivity index (χ1v) is 10.3. The summed E-state index contributed by atoms with van der Waals surface area (Å²) in [6, 6.07) is 12.2. The third-order valence-corrected chi connectivity index (χ3v) is 6.01. The number of esters is 2. The number of amides is 1. The van der Waals surface area contributed by atoms with Gasteiger partial charge in [0, 0.05) is 34.5 Å². The number of thioether (sulfide) groups is 1. The zero-order chi connectivity index (χ0) is 22.1. The maximum atomic E-state index is 13.1. The first-order valence-electron chi connectivity index (χ1n) is 9.34. The minimum Gasteiger partial charge on any atom is -0.465 e. The number of hydrogen-bond acceptors (Lipinski definition) is 7. The minimum atomic E-state index is -0.635. The lowest BCUT2D eigenvalue weighted by molar-refractivity contribution is 0.0599. The Labute approximate surface area is 182 Å². The van der Waals surface area contributed by atoms with Crippen molar-refractivity contribution in [3.63, 3.8) is 0 Å². The van der Waals surface area contributed by atoms with Gasteiger partial charge in [0.1, 0.15) is 0 Å². The molecule has 1 amide bonds. The molecule has 0 fully saturated rings. The van der Waals surface area contributed by atoms with Crippen molar-refractivity contribution in [1.82, 2.24) is 9.78 Å². The van der Waals surface area contributed by atoms with Gasteiger partial charge >= 0.3 is 11.9 Å². The van der Waals surface area contributed by atoms with E-state index in [1.165, 1.54) is 32.4 Å². The molecule has 8 nitrogen and oxygen atoms in total. The molecule has 0 radical (unpaired) electrons. The summed E-state index contributed by atoms with van der Waals surface area (Å²) in [5, 5.41) is 7.19. The number of aryl methyl sites for hydroxylation is 1. The fourth-order valence-corrected chi connectivity index (χ4v) is 4.59. The van der Waals surface area contributed by atoms with E-state index < -0.39 is 17.8 Å². The fourth-order valence-electron chi connectivity index (χ4n) is 3.52. The summed E-state index contributed by atoms with van der Waals surface area (Å²) in [4.78, 5) is 38.2. The SMILES string of the molecule is COC(=O)c1cc(NC(=O)c2nn(C)c3c2CSc2ccccc2-3)cc(C(=O)OC)c1. The predicted octanol–water partition coefficient (Wildman–Crippen LogP) is 3.52. The Morgan fingerprint density at radius 2 is 1.68 bits per heavy atom. The molecule has 31 heavy (non-hydrogen) atoms. The van der Waals surface area contributed by atoms with Crippen molar-refractivity contribution in [3.05, 3.63) is 64.8 Å². The number of rotatable bonds is 4. The average molecular weight is 437 g/mol. The summed E-state index contributed by atoms with van der Waals surface area (Å²) in [5.74, 6) is -1.10. The van der Waals surface area contributed by atoms with Crippen LogP contribution in [-0.2, 0) is 22.3 Å². The zero-order valence-electron chi connectivity index (χ0n) is 17.1. The van der Waals surface area contributed by atoms with Gasteiger partial charge in [-0.2, -0.15) is 5.10 Å². The molecule has 0 aliphatic carbocycles. The third kappa shape index (κ3) is 3.79. The Balaban J connectivity index is 1.70. The highest BCUT2D eigenvalue weighted by Crippen LogP contribution is 2.42. The van der Waals surface area contributed by atoms with Crippen LogP contribution in [0, 0.1) is 0 Å². The van der Waals surface area contributed by atoms with Crippen LogP contribution in [0.5, 0.6) is 0 Å². The Bertz CT molecular complexity index is 1180. The van der Waals surface area contributed by atoms with E-state index in [2.05, 4.69) is 10.4 Å². The smallest absolute Gasteiger partial charge is 0.337 e. The second-order valence-corrected chi connectivity index (χ2v) is 7.84. The molecular weight excluding hydrogens is 418 g/mol. The Morgan fingerprint density at radius 1 is 1.03 bits per heavy atom. The van der Waals surface area contributed by atoms with Crippen molar-refractivity contribution < 1.29 is 23.9 Å². The summed E-state index contributed by atoms with van der Waals surface area (Å²) in [7, 11) is 4.28. The number of fused-ring (bicyclic) bond motifs is 3. The first kappa shape index (κ1) is 20.7. The lowest BCUT2D eigenvalue weighted by atomic mass is 10.1. The molecular formula is C22H19N3O5S. The number of carbonyl (C=O) groups is 3. The van der Waals surface area contributed by atoms with Gasteiger partial charge in [-0.15, -0.1) is 11.8 Å². The summed E-state index contributed by atoms with van der Waals surface area (Å²) in [6.07, 6.45) is 0. The third-order valence-electron chi connectivity index (χ3n) is 4.91. The molecule has 1 aromatic heterocycles. The van der Waals surface area contributed by atoms with Crippen LogP contribution in [0.15, 0.2) is 47.4 Å². The summed E-state index contributed by atoms with van der Waals surface area (Å²) < 4.78 is 11.2. The van der Waals surface area contributed by atoms with Gasteiger partial charge in [0.25, 0.3) is 5.91 Å². The number of nitrogens with one attached hydrogen (secondary N) is 1. The molecule has 2 aromatic carbocycles. The van der Waals surface area contributed by atoms with Crippen LogP contribution < -0.4 is 5.32 Å². The topological polar surface area (TPSA) is 99.5 Å². The van der Waals surface area contributed by atoms with E-state index in [0.717, 1.165) is 21.7 Å². The van der Waals surface area contributed by atoms with Crippen LogP contribution in [0.4, 0.5) is 5.69 Å². The second kappa shape index (κ2) is 8.27. The van der Waals surface area contributed by atoms with Crippen LogP contribution in [0.1, 0.15) is 36.8 Å². The highest BCUT2D eigenvalue weighted by Gasteiger charge is 2.28. The number of aromatic nitrogens is 2. The largest absolute Gasteiger partial charge is 0.465 e. The second-order valence-electron chi connectivity index (χ2n) is 6.82. The van der Waals surface area contributed by atoms with E-state index in [-0.39, 0.29) is 16.8 Å². The quantitative estimate of drug-likeness (QED) is 0.624. The van der Waals surface area contributed by atoms with Gasteiger partial charge < -0.3 is 14.8 Å². The summed E-state index contributed by atoms with van der Waals surface area (Å²) in [5.41, 5.74) is 3.56. The van der Waals surface area contributed by atoms with Crippen molar-refractivity contribution in [2.45, 2.75) is 10.6 Å². The predicted molar refractivity (Wildman–Crippen MR) is 115 cm³/mol. The van der Waals surface area contributed by atoms with Crippen LogP contribution in [-0.4, -0.2) is 41.8 Å². The Kier molecular flexibility index (Phi) is 5.51. The molecule has 0 saturated heterocycles. The van der Waals surface area contributed by atoms with Gasteiger partial charge in [-0.05, 0) is 24.3 Å². The number of nitrogens with zero attached hydrogens (tertiary/aromatic N) is 2. The number of hydrogen-bond donors (Lipinski definition) is 1. The molecule has 2 heterocycles. The number of benzene rings is 2. The Hall–Kier alpha value is -3.59. The molecule has 0 atom stereocenters. The molecule has 1 aliphatic rings. The first-order chi connectivity index (χ1) is 14.9. The molecule has 0 saturated carbocycles. The standard InChI is InChI=1S/C22H19N3O5S/c1-25-19-15-6-4-5-7-17(15)31-11-16(19)18(24-25)20(26)23-14-9-12(21(27)29-2)8-13(10-14)22(28)30-3/h4-10H,11H2,1-3H3,(H,23,26). The number of anilines is 1. The van der Waals surface area contributed by atoms with Crippen LogP contribution >= 0.6 is 11.8 Å². The van der Waals surface area contributed by atoms with Gasteiger partial charge in [0.05, 0.1) is 31.0 Å². The highest BCUT2D eigenvalue weighted by atomic mass is 32.2. The van der Waals surface area contributed by atoms with Crippen molar-refractivity contribution in [1.29, 1.82) is 0 Å². The van der Waals surface area contributed by atoms with Gasteiger partial charge in [-0.1, -0.05) is 18.2 Å². The number of ether oxygens (including phenoxy) is 2. The lowest BCUT2D eigenvalue weighted by Gasteiger charge is -2.17. The zero-order valence-corrected chi connectivity index (χ0v) is 17.9. The molecule has 3 aromatic rings. The molecule has 158 valence electrons. The summed E-state index contributed by atoms with van der Waals surface area (Å²) >= 11 is 1.65. The van der Waals surface area contributed by atoms with Crippen molar-refractivity contribution in [2.75, 3.05) is 19.5 Å². The molecule has 0 spiro atoms. The van der Waals surface area contributed by atoms with E-state index in [9.17, 15) is 14.4 Å². The van der Waals surface area contributed by atoms with Gasteiger partial charge in [-0.25, -0.2) is 9.59 Å². The van der Waals surface area contributed by atoms with Crippen LogP contribution in [0.3, 0.4) is 0 Å². The van der Waals surface area contributed by atoms with E-state index in [4.69, 9.17) is 9.47 Å². The maximum absolute atomic E-state index is 13.1. The van der Waals surface area contributed by atoms with E-state index >= 15 is 0 Å². The number of carbonyl (C=O) groups excluding carboxylic acids is 3. The van der Waals surface area contributed by atoms with Crippen molar-refractivity contribution in [3.8, 4) is 11.3 Å². The molecule has 4 rings (SSSR count). The maximum Gasteiger partial charge on any atom is 0.337 e. The van der Waals surface area contributed by atoms with Crippen molar-refractivity contribution >= 4 is 35.3 Å². The van der Waals surface area contributed by atoms with Gasteiger partial charge in [0.2, 0.25) is 0 Å². The fraction of sp³-hybridized carbons (Fsp3) is 0.182. The van der Waals surface area contributed by atoms with Crippen LogP contribution in [0.25, 0.3) is 11.3 Å². The monoisotopic (exact) mass is 437 g/mol. The number of methoxy groups -OCH3 is 2. The van der Waals surface area contributed by atoms with Gasteiger partial charge in [0.15, 0.2) is 5.69 Å². The molecule has 1 N–H and O–H groups in total. The van der Waals surface area contributed by atoms with Crippen LogP contribution in [0.2, 0.25) is 0 Å². The van der Waals surface area contributed by atoms with Crippen molar-refractivity contribution in [2.24, 2.45) is 7.05 Å². The Morgan fingerprint density at radius 3 is 2.32 bits per heavy atom. The average Bonchev–Trinajstić information content (AvgIpc) is 3.14. The van der Waals surface area contributed by atoms with E-state index in [0.29, 0.717) is 11.4 Å².